The summed E-state index contributed by atoms with van der Waals surface area (Å²) in [6, 6.07) is 13.2. The summed E-state index contributed by atoms with van der Waals surface area (Å²) in [4.78, 5) is 5.01. The Bertz CT molecular complexity index is 577. The van der Waals surface area contributed by atoms with E-state index in [0.29, 0.717) is 0 Å². The summed E-state index contributed by atoms with van der Waals surface area (Å²) >= 11 is 0. The topological polar surface area (TPSA) is 11.4 Å². The van der Waals surface area contributed by atoms with Crippen LogP contribution in [0.5, 0.6) is 0 Å². The van der Waals surface area contributed by atoms with Gasteiger partial charge in [0.15, 0.2) is 0 Å². The average molecular weight is 297 g/mol. The van der Waals surface area contributed by atoms with Gasteiger partial charge in [-0.2, -0.15) is 0 Å². The molecule has 0 spiro atoms. The molecule has 0 atom stereocenters. The number of rotatable bonds is 5. The number of hydrogen-bond donors (Lipinski definition) is 0. The molecule has 118 valence electrons. The lowest BCUT2D eigenvalue weighted by Gasteiger charge is -2.32. The summed E-state index contributed by atoms with van der Waals surface area (Å²) in [6.45, 7) is 8.20. The molecular formula is C19H27N3. The number of piperazine rings is 1. The molecule has 1 aromatic heterocycles. The van der Waals surface area contributed by atoms with Crippen LogP contribution in [0.15, 0.2) is 42.6 Å². The molecule has 3 nitrogen and oxygen atoms in total. The Morgan fingerprint density at radius 3 is 2.41 bits per heavy atom. The first-order chi connectivity index (χ1) is 10.7. The molecule has 3 rings (SSSR count). The largest absolute Gasteiger partial charge is 0.321 e. The van der Waals surface area contributed by atoms with E-state index in [4.69, 9.17) is 0 Å². The molecule has 0 bridgehead atoms. The molecule has 1 aromatic carbocycles. The van der Waals surface area contributed by atoms with Gasteiger partial charge in [-0.3, -0.25) is 0 Å². The minimum Gasteiger partial charge on any atom is -0.321 e. The van der Waals surface area contributed by atoms with Crippen molar-refractivity contribution >= 4 is 0 Å². The third-order valence-corrected chi connectivity index (χ3v) is 4.65. The molecule has 3 heteroatoms. The van der Waals surface area contributed by atoms with Gasteiger partial charge in [-0.05, 0) is 57.6 Å². The van der Waals surface area contributed by atoms with E-state index in [0.717, 1.165) is 6.42 Å². The monoisotopic (exact) mass is 297 g/mol. The molecule has 1 fully saturated rings. The fraction of sp³-hybridized carbons (Fsp3) is 0.474. The van der Waals surface area contributed by atoms with Gasteiger partial charge < -0.3 is 14.4 Å². The second-order valence-electron chi connectivity index (χ2n) is 6.45. The van der Waals surface area contributed by atoms with Gasteiger partial charge in [-0.1, -0.05) is 17.7 Å². The Labute approximate surface area is 134 Å². The Morgan fingerprint density at radius 2 is 1.68 bits per heavy atom. The standard InChI is InChI=1S/C19H27N3/c1-17-7-9-19(10-8-17)22-12-4-6-18(22)5-3-11-21-15-13-20(2)14-16-21/h4,6-10,12H,3,5,11,13-16H2,1-2H3. The maximum atomic E-state index is 2.60. The summed E-state index contributed by atoms with van der Waals surface area (Å²) in [7, 11) is 2.21. The first-order valence-corrected chi connectivity index (χ1v) is 8.36. The van der Waals surface area contributed by atoms with E-state index in [1.165, 1.54) is 56.1 Å². The van der Waals surface area contributed by atoms with Gasteiger partial charge in [0.2, 0.25) is 0 Å². The molecule has 1 saturated heterocycles. The quantitative estimate of drug-likeness (QED) is 0.840. The van der Waals surface area contributed by atoms with Gasteiger partial charge in [0.1, 0.15) is 0 Å². The van der Waals surface area contributed by atoms with E-state index in [1.807, 2.05) is 0 Å². The maximum absolute atomic E-state index is 2.60. The van der Waals surface area contributed by atoms with Crippen LogP contribution in [-0.4, -0.2) is 54.1 Å². The zero-order chi connectivity index (χ0) is 15.4. The Kier molecular flexibility index (Phi) is 4.96. The molecule has 0 aliphatic carbocycles. The van der Waals surface area contributed by atoms with E-state index < -0.39 is 0 Å². The number of aryl methyl sites for hydroxylation is 2. The van der Waals surface area contributed by atoms with E-state index in [2.05, 4.69) is 70.9 Å². The number of aromatic nitrogens is 1. The van der Waals surface area contributed by atoms with Crippen molar-refractivity contribution in [1.29, 1.82) is 0 Å². The molecule has 0 radical (unpaired) electrons. The zero-order valence-electron chi connectivity index (χ0n) is 13.8. The molecule has 1 aliphatic rings. The normalized spacial score (nSPS) is 17.0. The van der Waals surface area contributed by atoms with Crippen LogP contribution in [0, 0.1) is 6.92 Å². The SMILES string of the molecule is Cc1ccc(-n2cccc2CCCN2CCN(C)CC2)cc1. The van der Waals surface area contributed by atoms with Gasteiger partial charge >= 0.3 is 0 Å². The van der Waals surface area contributed by atoms with E-state index >= 15 is 0 Å². The summed E-state index contributed by atoms with van der Waals surface area (Å²) in [5.74, 6) is 0. The van der Waals surface area contributed by atoms with Gasteiger partial charge in [-0.15, -0.1) is 0 Å². The fourth-order valence-corrected chi connectivity index (χ4v) is 3.13. The van der Waals surface area contributed by atoms with Crippen molar-refractivity contribution < 1.29 is 0 Å². The van der Waals surface area contributed by atoms with Crippen LogP contribution < -0.4 is 0 Å². The van der Waals surface area contributed by atoms with Crippen LogP contribution in [0.1, 0.15) is 17.7 Å². The van der Waals surface area contributed by atoms with E-state index in [9.17, 15) is 0 Å². The Hall–Kier alpha value is -1.58. The number of hydrogen-bond acceptors (Lipinski definition) is 2. The smallest absolute Gasteiger partial charge is 0.0452 e. The van der Waals surface area contributed by atoms with Gasteiger partial charge in [0, 0.05) is 43.8 Å². The molecule has 0 amide bonds. The summed E-state index contributed by atoms with van der Waals surface area (Å²) in [5.41, 5.74) is 4.00. The molecular weight excluding hydrogens is 270 g/mol. The molecule has 2 heterocycles. The van der Waals surface area contributed by atoms with E-state index in [-0.39, 0.29) is 0 Å². The van der Waals surface area contributed by atoms with Crippen molar-refractivity contribution in [3.8, 4) is 5.69 Å². The second kappa shape index (κ2) is 7.12. The highest BCUT2D eigenvalue weighted by molar-refractivity contribution is 5.37. The van der Waals surface area contributed by atoms with Crippen molar-refractivity contribution in [2.75, 3.05) is 39.8 Å². The first kappa shape index (κ1) is 15.3. The lowest BCUT2D eigenvalue weighted by atomic mass is 10.2. The van der Waals surface area contributed by atoms with Gasteiger partial charge in [-0.25, -0.2) is 0 Å². The van der Waals surface area contributed by atoms with Crippen LogP contribution in [-0.2, 0) is 6.42 Å². The molecule has 0 saturated carbocycles. The van der Waals surface area contributed by atoms with E-state index in [1.54, 1.807) is 0 Å². The maximum Gasteiger partial charge on any atom is 0.0452 e. The summed E-state index contributed by atoms with van der Waals surface area (Å²) < 4.78 is 2.32. The first-order valence-electron chi connectivity index (χ1n) is 8.36. The lowest BCUT2D eigenvalue weighted by Crippen LogP contribution is -2.44. The van der Waals surface area contributed by atoms with Crippen molar-refractivity contribution in [2.24, 2.45) is 0 Å². The highest BCUT2D eigenvalue weighted by Gasteiger charge is 2.13. The van der Waals surface area contributed by atoms with Crippen LogP contribution >= 0.6 is 0 Å². The predicted molar refractivity (Wildman–Crippen MR) is 92.8 cm³/mol. The Balaban J connectivity index is 1.55. The van der Waals surface area contributed by atoms with Crippen LogP contribution in [0.3, 0.4) is 0 Å². The number of likely N-dealkylation sites (N-methyl/N-ethyl adjacent to an activating group) is 1. The van der Waals surface area contributed by atoms with Crippen molar-refractivity contribution in [1.82, 2.24) is 14.4 Å². The third kappa shape index (κ3) is 3.79. The van der Waals surface area contributed by atoms with Crippen LogP contribution in [0.4, 0.5) is 0 Å². The highest BCUT2D eigenvalue weighted by atomic mass is 15.2. The van der Waals surface area contributed by atoms with Gasteiger partial charge in [0.05, 0.1) is 0 Å². The van der Waals surface area contributed by atoms with Crippen molar-refractivity contribution in [3.05, 3.63) is 53.9 Å². The van der Waals surface area contributed by atoms with Gasteiger partial charge in [0.25, 0.3) is 0 Å². The fourth-order valence-electron chi connectivity index (χ4n) is 3.13. The average Bonchev–Trinajstić information content (AvgIpc) is 2.98. The molecule has 22 heavy (non-hydrogen) atoms. The summed E-state index contributed by atoms with van der Waals surface area (Å²) in [6.07, 6.45) is 4.56. The predicted octanol–water partition coefficient (Wildman–Crippen LogP) is 2.97. The van der Waals surface area contributed by atoms with Crippen LogP contribution in [0.2, 0.25) is 0 Å². The van der Waals surface area contributed by atoms with Crippen molar-refractivity contribution in [3.63, 3.8) is 0 Å². The molecule has 0 unspecified atom stereocenters. The third-order valence-electron chi connectivity index (χ3n) is 4.65. The minimum atomic E-state index is 1.15. The van der Waals surface area contributed by atoms with Crippen molar-refractivity contribution in [2.45, 2.75) is 19.8 Å². The molecule has 1 aliphatic heterocycles. The number of benzene rings is 1. The number of nitrogens with zero attached hydrogens (tertiary/aromatic N) is 3. The minimum absolute atomic E-state index is 1.15. The molecule has 2 aromatic rings. The zero-order valence-corrected chi connectivity index (χ0v) is 13.8. The van der Waals surface area contributed by atoms with Crippen LogP contribution in [0.25, 0.3) is 5.69 Å². The molecule has 0 N–H and O–H groups in total. The highest BCUT2D eigenvalue weighted by Crippen LogP contribution is 2.15. The summed E-state index contributed by atoms with van der Waals surface area (Å²) in [5, 5.41) is 0. The lowest BCUT2D eigenvalue weighted by molar-refractivity contribution is 0.153. The Morgan fingerprint density at radius 1 is 0.955 bits per heavy atom. The second-order valence-corrected chi connectivity index (χ2v) is 6.45.